The van der Waals surface area contributed by atoms with Crippen molar-refractivity contribution in [1.82, 2.24) is 10.3 Å². The number of aryl methyl sites for hydroxylation is 1. The Bertz CT molecular complexity index is 288. The average molecular weight is 228 g/mol. The molecule has 0 aromatic carbocycles. The molecule has 0 radical (unpaired) electrons. The number of thiazole rings is 1. The zero-order chi connectivity index (χ0) is 11.3. The molecule has 1 heterocycles. The van der Waals surface area contributed by atoms with Gasteiger partial charge in [-0.15, -0.1) is 11.3 Å². The predicted molar refractivity (Wildman–Crippen MR) is 64.4 cm³/mol. The van der Waals surface area contributed by atoms with Gasteiger partial charge in [0.05, 0.1) is 12.6 Å². The van der Waals surface area contributed by atoms with Gasteiger partial charge in [-0.3, -0.25) is 0 Å². The zero-order valence-corrected chi connectivity index (χ0v) is 10.7. The molecule has 1 aromatic rings. The van der Waals surface area contributed by atoms with Crippen molar-refractivity contribution >= 4 is 11.3 Å². The summed E-state index contributed by atoms with van der Waals surface area (Å²) in [6.07, 6.45) is 1.07. The summed E-state index contributed by atoms with van der Waals surface area (Å²) in [5.74, 6) is 0. The van der Waals surface area contributed by atoms with E-state index in [4.69, 9.17) is 4.74 Å². The Labute approximate surface area is 95.9 Å². The van der Waals surface area contributed by atoms with Gasteiger partial charge in [-0.2, -0.15) is 0 Å². The summed E-state index contributed by atoms with van der Waals surface area (Å²) in [5.41, 5.74) is 1.10. The lowest BCUT2D eigenvalue weighted by molar-refractivity contribution is 0.159. The topological polar surface area (TPSA) is 34.1 Å². The molecule has 0 spiro atoms. The number of hydrogen-bond donors (Lipinski definition) is 1. The molecule has 15 heavy (non-hydrogen) atoms. The number of ether oxygens (including phenoxy) is 1. The number of aromatic nitrogens is 1. The van der Waals surface area contributed by atoms with Crippen LogP contribution in [-0.4, -0.2) is 24.7 Å². The van der Waals surface area contributed by atoms with Crippen molar-refractivity contribution in [2.75, 3.05) is 13.7 Å². The van der Waals surface area contributed by atoms with Gasteiger partial charge in [-0.05, 0) is 20.3 Å². The smallest absolute Gasteiger partial charge is 0.110 e. The van der Waals surface area contributed by atoms with Gasteiger partial charge in [-0.25, -0.2) is 4.98 Å². The fourth-order valence-electron chi connectivity index (χ4n) is 1.48. The fraction of sp³-hybridized carbons (Fsp3) is 0.727. The lowest BCUT2D eigenvalue weighted by Crippen LogP contribution is -2.34. The lowest BCUT2D eigenvalue weighted by atomic mass is 10.2. The van der Waals surface area contributed by atoms with Gasteiger partial charge >= 0.3 is 0 Å². The number of nitrogens with one attached hydrogen (secondary N) is 1. The van der Waals surface area contributed by atoms with Crippen LogP contribution in [0.2, 0.25) is 0 Å². The molecule has 0 aliphatic heterocycles. The molecule has 2 atom stereocenters. The monoisotopic (exact) mass is 228 g/mol. The van der Waals surface area contributed by atoms with E-state index in [1.807, 2.05) is 6.92 Å². The van der Waals surface area contributed by atoms with Gasteiger partial charge in [-0.1, -0.05) is 6.92 Å². The Balaban J connectivity index is 2.50. The van der Waals surface area contributed by atoms with E-state index in [-0.39, 0.29) is 0 Å². The maximum atomic E-state index is 5.16. The van der Waals surface area contributed by atoms with E-state index in [1.54, 1.807) is 18.4 Å². The van der Waals surface area contributed by atoms with Gasteiger partial charge in [0.25, 0.3) is 0 Å². The van der Waals surface area contributed by atoms with Crippen LogP contribution in [0.15, 0.2) is 5.38 Å². The normalized spacial score (nSPS) is 15.2. The molecule has 0 amide bonds. The molecule has 0 aliphatic carbocycles. The highest BCUT2D eigenvalue weighted by Crippen LogP contribution is 2.18. The molecule has 1 N–H and O–H groups in total. The van der Waals surface area contributed by atoms with Crippen LogP contribution in [0.25, 0.3) is 0 Å². The first-order chi connectivity index (χ1) is 7.17. The largest absolute Gasteiger partial charge is 0.383 e. The van der Waals surface area contributed by atoms with Crippen molar-refractivity contribution in [3.8, 4) is 0 Å². The Morgan fingerprint density at radius 1 is 1.60 bits per heavy atom. The third kappa shape index (κ3) is 3.89. The van der Waals surface area contributed by atoms with Gasteiger partial charge in [0.1, 0.15) is 5.01 Å². The Hall–Kier alpha value is -0.450. The van der Waals surface area contributed by atoms with Crippen molar-refractivity contribution in [2.45, 2.75) is 39.3 Å². The summed E-state index contributed by atoms with van der Waals surface area (Å²) < 4.78 is 5.16. The molecule has 4 heteroatoms. The van der Waals surface area contributed by atoms with Crippen LogP contribution in [-0.2, 0) is 4.74 Å². The standard InChI is InChI=1S/C11H20N2OS/c1-5-10(6-14-4)13-9(3)11-12-8(2)7-15-11/h7,9-10,13H,5-6H2,1-4H3. The Kier molecular flexibility index (Phi) is 5.22. The second-order valence-corrected chi connectivity index (χ2v) is 4.67. The zero-order valence-electron chi connectivity index (χ0n) is 9.91. The van der Waals surface area contributed by atoms with E-state index >= 15 is 0 Å². The van der Waals surface area contributed by atoms with Crippen molar-refractivity contribution in [3.63, 3.8) is 0 Å². The molecular weight excluding hydrogens is 208 g/mol. The Morgan fingerprint density at radius 3 is 2.80 bits per heavy atom. The molecule has 0 saturated carbocycles. The van der Waals surface area contributed by atoms with Crippen molar-refractivity contribution < 1.29 is 4.74 Å². The maximum absolute atomic E-state index is 5.16. The van der Waals surface area contributed by atoms with Crippen LogP contribution >= 0.6 is 11.3 Å². The number of methoxy groups -OCH3 is 1. The highest BCUT2D eigenvalue weighted by Gasteiger charge is 2.13. The summed E-state index contributed by atoms with van der Waals surface area (Å²) in [6, 6.07) is 0.720. The first kappa shape index (κ1) is 12.6. The van der Waals surface area contributed by atoms with E-state index in [0.29, 0.717) is 12.1 Å². The van der Waals surface area contributed by atoms with E-state index in [1.165, 1.54) is 0 Å². The minimum atomic E-state index is 0.309. The summed E-state index contributed by atoms with van der Waals surface area (Å²) in [7, 11) is 1.74. The first-order valence-electron chi connectivity index (χ1n) is 5.34. The van der Waals surface area contributed by atoms with E-state index in [2.05, 4.69) is 29.5 Å². The van der Waals surface area contributed by atoms with Crippen LogP contribution < -0.4 is 5.32 Å². The van der Waals surface area contributed by atoms with E-state index in [0.717, 1.165) is 23.7 Å². The van der Waals surface area contributed by atoms with Crippen LogP contribution in [0, 0.1) is 6.92 Å². The molecule has 0 saturated heterocycles. The van der Waals surface area contributed by atoms with Crippen molar-refractivity contribution in [3.05, 3.63) is 16.1 Å². The minimum absolute atomic E-state index is 0.309. The average Bonchev–Trinajstić information content (AvgIpc) is 2.64. The molecule has 2 unspecified atom stereocenters. The van der Waals surface area contributed by atoms with E-state index in [9.17, 15) is 0 Å². The summed E-state index contributed by atoms with van der Waals surface area (Å²) in [5, 5.41) is 6.76. The number of hydrogen-bond acceptors (Lipinski definition) is 4. The molecule has 1 aromatic heterocycles. The molecule has 86 valence electrons. The SMILES string of the molecule is CCC(COC)NC(C)c1nc(C)cs1. The van der Waals surface area contributed by atoms with E-state index < -0.39 is 0 Å². The van der Waals surface area contributed by atoms with Crippen LogP contribution in [0.4, 0.5) is 0 Å². The molecule has 0 fully saturated rings. The van der Waals surface area contributed by atoms with Gasteiger partial charge in [0, 0.05) is 24.2 Å². The minimum Gasteiger partial charge on any atom is -0.383 e. The summed E-state index contributed by atoms with van der Waals surface area (Å²) in [6.45, 7) is 7.09. The maximum Gasteiger partial charge on any atom is 0.110 e. The van der Waals surface area contributed by atoms with Gasteiger partial charge in [0.2, 0.25) is 0 Å². The molecule has 3 nitrogen and oxygen atoms in total. The van der Waals surface area contributed by atoms with Crippen LogP contribution in [0.1, 0.15) is 37.0 Å². The molecule has 0 aliphatic rings. The summed E-state index contributed by atoms with van der Waals surface area (Å²) >= 11 is 1.71. The first-order valence-corrected chi connectivity index (χ1v) is 6.22. The van der Waals surface area contributed by atoms with Gasteiger partial charge in [0.15, 0.2) is 0 Å². The van der Waals surface area contributed by atoms with Crippen molar-refractivity contribution in [2.24, 2.45) is 0 Å². The van der Waals surface area contributed by atoms with Crippen LogP contribution in [0.5, 0.6) is 0 Å². The van der Waals surface area contributed by atoms with Crippen molar-refractivity contribution in [1.29, 1.82) is 0 Å². The third-order valence-electron chi connectivity index (χ3n) is 2.35. The van der Waals surface area contributed by atoms with Crippen LogP contribution in [0.3, 0.4) is 0 Å². The number of rotatable bonds is 6. The Morgan fingerprint density at radius 2 is 2.33 bits per heavy atom. The third-order valence-corrected chi connectivity index (χ3v) is 3.50. The second-order valence-electron chi connectivity index (χ2n) is 3.78. The quantitative estimate of drug-likeness (QED) is 0.812. The summed E-state index contributed by atoms with van der Waals surface area (Å²) in [4.78, 5) is 4.47. The molecule has 1 rings (SSSR count). The fourth-order valence-corrected chi connectivity index (χ4v) is 2.29. The highest BCUT2D eigenvalue weighted by atomic mass is 32.1. The van der Waals surface area contributed by atoms with Gasteiger partial charge < -0.3 is 10.1 Å². The lowest BCUT2D eigenvalue weighted by Gasteiger charge is -2.20. The molecule has 0 bridgehead atoms. The molecular formula is C11H20N2OS. The highest BCUT2D eigenvalue weighted by molar-refractivity contribution is 7.09. The second kappa shape index (κ2) is 6.20. The number of nitrogens with zero attached hydrogens (tertiary/aromatic N) is 1. The predicted octanol–water partition coefficient (Wildman–Crippen LogP) is 2.53.